The van der Waals surface area contributed by atoms with Gasteiger partial charge in [0.15, 0.2) is 6.29 Å². The summed E-state index contributed by atoms with van der Waals surface area (Å²) in [6.07, 6.45) is 2.28. The number of carbonyl (C=O) groups excluding carboxylic acids is 1. The van der Waals surface area contributed by atoms with Gasteiger partial charge < -0.3 is 19.2 Å². The second-order valence-electron chi connectivity index (χ2n) is 7.77. The Balaban J connectivity index is 1.51. The van der Waals surface area contributed by atoms with Gasteiger partial charge in [-0.25, -0.2) is 4.98 Å². The van der Waals surface area contributed by atoms with Crippen molar-refractivity contribution in [3.63, 3.8) is 0 Å². The lowest BCUT2D eigenvalue weighted by Crippen LogP contribution is -2.42. The normalized spacial score (nSPS) is 15.6. The molecule has 1 amide bonds. The number of oxazole rings is 1. The van der Waals surface area contributed by atoms with Gasteiger partial charge in [0, 0.05) is 32.2 Å². The molecule has 1 fully saturated rings. The van der Waals surface area contributed by atoms with Crippen molar-refractivity contribution in [1.29, 1.82) is 0 Å². The van der Waals surface area contributed by atoms with Crippen LogP contribution in [-0.4, -0.2) is 55.9 Å². The number of carbonyl (C=O) groups is 1. The minimum atomic E-state index is -0.406. The highest BCUT2D eigenvalue weighted by Crippen LogP contribution is 2.25. The average Bonchev–Trinajstić information content (AvgIpc) is 3.15. The number of benzene rings is 1. The third-order valence-corrected chi connectivity index (χ3v) is 5.80. The zero-order valence-corrected chi connectivity index (χ0v) is 18.4. The molecule has 1 aromatic heterocycles. The lowest BCUT2D eigenvalue weighted by Gasteiger charge is -2.31. The van der Waals surface area contributed by atoms with E-state index in [1.54, 1.807) is 14.2 Å². The summed E-state index contributed by atoms with van der Waals surface area (Å²) >= 11 is 0. The Morgan fingerprint density at radius 3 is 2.50 bits per heavy atom. The molecular formula is C23H33N3O4. The zero-order valence-electron chi connectivity index (χ0n) is 18.4. The highest BCUT2D eigenvalue weighted by molar-refractivity contribution is 5.78. The van der Waals surface area contributed by atoms with E-state index >= 15 is 0 Å². The third-order valence-electron chi connectivity index (χ3n) is 5.80. The number of amides is 1. The van der Waals surface area contributed by atoms with Crippen molar-refractivity contribution >= 4 is 5.91 Å². The number of nitrogens with one attached hydrogen (secondary N) is 1. The van der Waals surface area contributed by atoms with E-state index in [4.69, 9.17) is 18.9 Å². The van der Waals surface area contributed by atoms with Gasteiger partial charge in [-0.2, -0.15) is 0 Å². The first-order valence-electron chi connectivity index (χ1n) is 10.6. The standard InChI is InChI=1S/C23H33N3O4/c1-5-17-6-8-19(9-7-17)23-25-20(16(2)30-23)15-26-12-10-18(11-13-26)22(27)24-14-21(28-3)29-4/h6-9,18,21H,5,10-15H2,1-4H3,(H,24,27). The summed E-state index contributed by atoms with van der Waals surface area (Å²) in [5.74, 6) is 1.63. The summed E-state index contributed by atoms with van der Waals surface area (Å²) in [5, 5.41) is 2.92. The molecule has 1 aliphatic heterocycles. The molecule has 0 atom stereocenters. The van der Waals surface area contributed by atoms with Crippen LogP contribution >= 0.6 is 0 Å². The summed E-state index contributed by atoms with van der Waals surface area (Å²) in [7, 11) is 3.13. The molecule has 164 valence electrons. The highest BCUT2D eigenvalue weighted by Gasteiger charge is 2.26. The molecule has 0 spiro atoms. The molecule has 0 radical (unpaired) electrons. The molecule has 1 aliphatic rings. The van der Waals surface area contributed by atoms with E-state index in [0.29, 0.717) is 12.4 Å². The molecular weight excluding hydrogens is 382 g/mol. The van der Waals surface area contributed by atoms with Crippen LogP contribution in [0.15, 0.2) is 28.7 Å². The Labute approximate surface area is 178 Å². The van der Waals surface area contributed by atoms with Crippen molar-refractivity contribution in [2.45, 2.75) is 45.9 Å². The Morgan fingerprint density at radius 2 is 1.90 bits per heavy atom. The molecule has 2 aromatic rings. The molecule has 1 N–H and O–H groups in total. The van der Waals surface area contributed by atoms with Gasteiger partial charge in [0.1, 0.15) is 5.76 Å². The van der Waals surface area contributed by atoms with Gasteiger partial charge in [-0.1, -0.05) is 19.1 Å². The zero-order chi connectivity index (χ0) is 21.5. The van der Waals surface area contributed by atoms with Gasteiger partial charge in [-0.3, -0.25) is 9.69 Å². The minimum Gasteiger partial charge on any atom is -0.441 e. The monoisotopic (exact) mass is 415 g/mol. The molecule has 30 heavy (non-hydrogen) atoms. The maximum atomic E-state index is 12.4. The van der Waals surface area contributed by atoms with Crippen molar-refractivity contribution in [1.82, 2.24) is 15.2 Å². The number of ether oxygens (including phenoxy) is 2. The Hall–Kier alpha value is -2.22. The van der Waals surface area contributed by atoms with Crippen LogP contribution in [-0.2, 0) is 27.2 Å². The minimum absolute atomic E-state index is 0.0293. The molecule has 1 saturated heterocycles. The van der Waals surface area contributed by atoms with Crippen molar-refractivity contribution in [2.75, 3.05) is 33.9 Å². The highest BCUT2D eigenvalue weighted by atomic mass is 16.7. The number of aryl methyl sites for hydroxylation is 2. The fourth-order valence-corrected chi connectivity index (χ4v) is 3.74. The third kappa shape index (κ3) is 5.68. The molecule has 0 bridgehead atoms. The molecule has 1 aromatic carbocycles. The number of rotatable bonds is 9. The maximum Gasteiger partial charge on any atom is 0.226 e. The maximum absolute atomic E-state index is 12.4. The molecule has 3 rings (SSSR count). The van der Waals surface area contributed by atoms with Crippen LogP contribution in [0.1, 0.15) is 36.8 Å². The van der Waals surface area contributed by atoms with E-state index in [-0.39, 0.29) is 11.8 Å². The number of piperidine rings is 1. The van der Waals surface area contributed by atoms with E-state index in [1.165, 1.54) is 5.56 Å². The summed E-state index contributed by atoms with van der Waals surface area (Å²) < 4.78 is 16.2. The number of hydrogen-bond donors (Lipinski definition) is 1. The van der Waals surface area contributed by atoms with Crippen molar-refractivity contribution in [2.24, 2.45) is 5.92 Å². The quantitative estimate of drug-likeness (QED) is 0.634. The Kier molecular flexibility index (Phi) is 8.01. The topological polar surface area (TPSA) is 76.8 Å². The van der Waals surface area contributed by atoms with E-state index < -0.39 is 6.29 Å². The van der Waals surface area contributed by atoms with Crippen LogP contribution in [0.3, 0.4) is 0 Å². The molecule has 0 saturated carbocycles. The van der Waals surface area contributed by atoms with Gasteiger partial charge in [-0.15, -0.1) is 0 Å². The lowest BCUT2D eigenvalue weighted by atomic mass is 9.96. The van der Waals surface area contributed by atoms with Gasteiger partial charge in [-0.05, 0) is 57.0 Å². The first-order valence-corrected chi connectivity index (χ1v) is 10.6. The van der Waals surface area contributed by atoms with Crippen molar-refractivity contribution in [3.8, 4) is 11.5 Å². The second-order valence-corrected chi connectivity index (χ2v) is 7.77. The van der Waals surface area contributed by atoms with E-state index in [9.17, 15) is 4.79 Å². The van der Waals surface area contributed by atoms with Crippen LogP contribution in [0.2, 0.25) is 0 Å². The molecule has 0 aliphatic carbocycles. The Morgan fingerprint density at radius 1 is 1.23 bits per heavy atom. The second kappa shape index (κ2) is 10.7. The SMILES string of the molecule is CCc1ccc(-c2nc(CN3CCC(C(=O)NCC(OC)OC)CC3)c(C)o2)cc1. The van der Waals surface area contributed by atoms with Crippen LogP contribution in [0.5, 0.6) is 0 Å². The smallest absolute Gasteiger partial charge is 0.226 e. The number of aromatic nitrogens is 1. The number of methoxy groups -OCH3 is 2. The number of nitrogens with zero attached hydrogens (tertiary/aromatic N) is 2. The fraction of sp³-hybridized carbons (Fsp3) is 0.565. The fourth-order valence-electron chi connectivity index (χ4n) is 3.74. The van der Waals surface area contributed by atoms with Crippen molar-refractivity contribution in [3.05, 3.63) is 41.3 Å². The summed E-state index contributed by atoms with van der Waals surface area (Å²) in [4.78, 5) is 19.5. The van der Waals surface area contributed by atoms with Crippen molar-refractivity contribution < 1.29 is 18.7 Å². The van der Waals surface area contributed by atoms with Crippen LogP contribution < -0.4 is 5.32 Å². The summed E-state index contributed by atoms with van der Waals surface area (Å²) in [5.41, 5.74) is 3.27. The predicted octanol–water partition coefficient (Wildman–Crippen LogP) is 3.16. The van der Waals surface area contributed by atoms with Crippen LogP contribution in [0.4, 0.5) is 0 Å². The van der Waals surface area contributed by atoms with Gasteiger partial charge in [0.05, 0.1) is 12.2 Å². The molecule has 7 heteroatoms. The van der Waals surface area contributed by atoms with Gasteiger partial charge >= 0.3 is 0 Å². The van der Waals surface area contributed by atoms with Gasteiger partial charge in [0.2, 0.25) is 11.8 Å². The number of likely N-dealkylation sites (tertiary alicyclic amines) is 1. The first kappa shape index (κ1) is 22.5. The van der Waals surface area contributed by atoms with E-state index in [2.05, 4.69) is 41.4 Å². The van der Waals surface area contributed by atoms with Gasteiger partial charge in [0.25, 0.3) is 0 Å². The summed E-state index contributed by atoms with van der Waals surface area (Å²) in [6, 6.07) is 8.36. The van der Waals surface area contributed by atoms with Crippen LogP contribution in [0, 0.1) is 12.8 Å². The average molecular weight is 416 g/mol. The molecule has 2 heterocycles. The predicted molar refractivity (Wildman–Crippen MR) is 115 cm³/mol. The summed E-state index contributed by atoms with van der Waals surface area (Å²) in [6.45, 7) is 6.95. The largest absolute Gasteiger partial charge is 0.441 e. The van der Waals surface area contributed by atoms with E-state index in [1.807, 2.05) is 6.92 Å². The first-order chi connectivity index (χ1) is 14.5. The molecule has 0 unspecified atom stereocenters. The van der Waals surface area contributed by atoms with Crippen LogP contribution in [0.25, 0.3) is 11.5 Å². The lowest BCUT2D eigenvalue weighted by molar-refractivity contribution is -0.132. The number of hydrogen-bond acceptors (Lipinski definition) is 6. The molecule has 7 nitrogen and oxygen atoms in total. The Bertz CT molecular complexity index is 806. The van der Waals surface area contributed by atoms with E-state index in [0.717, 1.165) is 55.9 Å².